The molecule has 0 spiro atoms. The minimum atomic E-state index is -0.213. The van der Waals surface area contributed by atoms with Crippen LogP contribution in [-0.2, 0) is 18.2 Å². The molecule has 1 heterocycles. The van der Waals surface area contributed by atoms with E-state index in [-0.39, 0.29) is 11.6 Å². The highest BCUT2D eigenvalue weighted by Crippen LogP contribution is 2.17. The summed E-state index contributed by atoms with van der Waals surface area (Å²) in [5.41, 5.74) is -0.213. The summed E-state index contributed by atoms with van der Waals surface area (Å²) in [6.07, 6.45) is 2.38. The number of hydrogen-bond acceptors (Lipinski definition) is 4. The average Bonchev–Trinajstić information content (AvgIpc) is 2.60. The first-order valence-electron chi connectivity index (χ1n) is 5.65. The molecule has 1 N–H and O–H groups in total. The van der Waals surface area contributed by atoms with Crippen molar-refractivity contribution in [2.75, 3.05) is 13.7 Å². The molecule has 0 saturated heterocycles. The van der Waals surface area contributed by atoms with Gasteiger partial charge in [-0.25, -0.2) is 4.98 Å². The van der Waals surface area contributed by atoms with Gasteiger partial charge < -0.3 is 10.1 Å². The van der Waals surface area contributed by atoms with Gasteiger partial charge in [0.05, 0.1) is 5.60 Å². The third-order valence-corrected chi connectivity index (χ3v) is 2.90. The second kappa shape index (κ2) is 5.41. The zero-order valence-electron chi connectivity index (χ0n) is 10.8. The molecule has 0 saturated carbocycles. The molecule has 0 fully saturated rings. The monoisotopic (exact) mass is 226 g/mol. The molecular formula is C11H22N4O. The molecule has 0 radical (unpaired) electrons. The maximum atomic E-state index is 5.75. The van der Waals surface area contributed by atoms with Gasteiger partial charge in [0.25, 0.3) is 0 Å². The molecule has 0 bridgehead atoms. The van der Waals surface area contributed by atoms with Gasteiger partial charge in [0.2, 0.25) is 0 Å². The molecule has 0 aliphatic heterocycles. The summed E-state index contributed by atoms with van der Waals surface area (Å²) in [4.78, 5) is 4.23. The van der Waals surface area contributed by atoms with Crippen LogP contribution in [0.5, 0.6) is 0 Å². The van der Waals surface area contributed by atoms with Gasteiger partial charge in [0, 0.05) is 26.1 Å². The zero-order chi connectivity index (χ0) is 12.2. The number of rotatable bonds is 6. The number of hydrogen-bond donors (Lipinski definition) is 1. The summed E-state index contributed by atoms with van der Waals surface area (Å²) >= 11 is 0. The predicted octanol–water partition coefficient (Wildman–Crippen LogP) is 0.761. The van der Waals surface area contributed by atoms with Gasteiger partial charge in [-0.2, -0.15) is 5.10 Å². The van der Waals surface area contributed by atoms with Crippen molar-refractivity contribution in [1.82, 2.24) is 20.1 Å². The quantitative estimate of drug-likeness (QED) is 0.778. The molecule has 1 rings (SSSR count). The van der Waals surface area contributed by atoms with Crippen molar-refractivity contribution >= 4 is 0 Å². The second-order valence-electron chi connectivity index (χ2n) is 4.38. The van der Waals surface area contributed by atoms with Gasteiger partial charge in [-0.05, 0) is 27.8 Å². The Bertz CT molecular complexity index is 322. The van der Waals surface area contributed by atoms with Gasteiger partial charge in [0.15, 0.2) is 0 Å². The minimum absolute atomic E-state index is 0.213. The smallest absolute Gasteiger partial charge is 0.138 e. The number of ether oxygens (including phenoxy) is 1. The molecule has 0 aliphatic rings. The van der Waals surface area contributed by atoms with Gasteiger partial charge in [-0.3, -0.25) is 4.68 Å². The van der Waals surface area contributed by atoms with Crippen LogP contribution < -0.4 is 5.32 Å². The van der Waals surface area contributed by atoms with Crippen LogP contribution in [0.1, 0.15) is 26.6 Å². The first-order chi connectivity index (χ1) is 7.51. The number of nitrogens with one attached hydrogen (secondary N) is 1. The van der Waals surface area contributed by atoms with E-state index in [1.807, 2.05) is 21.0 Å². The predicted molar refractivity (Wildman–Crippen MR) is 63.3 cm³/mol. The summed E-state index contributed by atoms with van der Waals surface area (Å²) < 4.78 is 7.55. The van der Waals surface area contributed by atoms with Gasteiger partial charge in [-0.1, -0.05) is 0 Å². The van der Waals surface area contributed by atoms with E-state index in [2.05, 4.69) is 29.2 Å². The van der Waals surface area contributed by atoms with Crippen molar-refractivity contribution in [3.8, 4) is 0 Å². The molecular weight excluding hydrogens is 204 g/mol. The lowest BCUT2D eigenvalue weighted by molar-refractivity contribution is -0.0369. The van der Waals surface area contributed by atoms with Crippen LogP contribution in [0.25, 0.3) is 0 Å². The van der Waals surface area contributed by atoms with Crippen molar-refractivity contribution in [2.24, 2.45) is 7.05 Å². The highest BCUT2D eigenvalue weighted by atomic mass is 16.5. The van der Waals surface area contributed by atoms with Crippen molar-refractivity contribution in [2.45, 2.75) is 38.8 Å². The summed E-state index contributed by atoms with van der Waals surface area (Å²) in [5, 5.41) is 7.36. The number of aromatic nitrogens is 3. The molecule has 1 aromatic rings. The highest BCUT2D eigenvalue weighted by molar-refractivity contribution is 4.95. The van der Waals surface area contributed by atoms with Gasteiger partial charge in [0.1, 0.15) is 12.2 Å². The lowest BCUT2D eigenvalue weighted by Gasteiger charge is -2.33. The van der Waals surface area contributed by atoms with E-state index in [4.69, 9.17) is 4.74 Å². The van der Waals surface area contributed by atoms with Gasteiger partial charge >= 0.3 is 0 Å². The fourth-order valence-electron chi connectivity index (χ4n) is 1.86. The van der Waals surface area contributed by atoms with E-state index in [9.17, 15) is 0 Å². The molecule has 16 heavy (non-hydrogen) atoms. The van der Waals surface area contributed by atoms with E-state index < -0.39 is 0 Å². The van der Waals surface area contributed by atoms with Crippen molar-refractivity contribution in [3.63, 3.8) is 0 Å². The fourth-order valence-corrected chi connectivity index (χ4v) is 1.86. The first-order valence-corrected chi connectivity index (χ1v) is 5.65. The molecule has 0 aliphatic carbocycles. The Labute approximate surface area is 97.2 Å². The summed E-state index contributed by atoms with van der Waals surface area (Å²) in [6.45, 7) is 6.91. The van der Waals surface area contributed by atoms with Crippen LogP contribution in [0.15, 0.2) is 6.33 Å². The molecule has 92 valence electrons. The van der Waals surface area contributed by atoms with Crippen molar-refractivity contribution in [3.05, 3.63) is 12.2 Å². The summed E-state index contributed by atoms with van der Waals surface area (Å²) in [6, 6.07) is 0.218. The molecule has 1 atom stereocenters. The normalized spacial score (nSPS) is 14.1. The summed E-state index contributed by atoms with van der Waals surface area (Å²) in [5.74, 6) is 0.965. The Morgan fingerprint density at radius 2 is 2.25 bits per heavy atom. The number of likely N-dealkylation sites (N-methyl/N-ethyl adjacent to an activating group) is 1. The fraction of sp³-hybridized carbons (Fsp3) is 0.818. The maximum Gasteiger partial charge on any atom is 0.138 e. The second-order valence-corrected chi connectivity index (χ2v) is 4.38. The third kappa shape index (κ3) is 3.02. The minimum Gasteiger partial charge on any atom is -0.374 e. The summed E-state index contributed by atoms with van der Waals surface area (Å²) in [7, 11) is 3.85. The lowest BCUT2D eigenvalue weighted by atomic mass is 9.95. The van der Waals surface area contributed by atoms with Crippen LogP contribution in [0, 0.1) is 0 Å². The Kier molecular flexibility index (Phi) is 4.44. The van der Waals surface area contributed by atoms with Crippen LogP contribution in [-0.4, -0.2) is 40.1 Å². The molecule has 5 heteroatoms. The highest BCUT2D eigenvalue weighted by Gasteiger charge is 2.29. The van der Waals surface area contributed by atoms with Crippen LogP contribution in [0.4, 0.5) is 0 Å². The molecule has 0 amide bonds. The molecule has 1 unspecified atom stereocenters. The topological polar surface area (TPSA) is 52.0 Å². The Balaban J connectivity index is 2.72. The SMILES string of the molecule is CCOC(C)(C)C(Cc1ncnn1C)NC. The Hall–Kier alpha value is -0.940. The maximum absolute atomic E-state index is 5.75. The Morgan fingerprint density at radius 1 is 1.56 bits per heavy atom. The van der Waals surface area contributed by atoms with E-state index in [1.165, 1.54) is 0 Å². The van der Waals surface area contributed by atoms with E-state index in [0.717, 1.165) is 12.2 Å². The van der Waals surface area contributed by atoms with Crippen molar-refractivity contribution < 1.29 is 4.74 Å². The first kappa shape index (κ1) is 13.1. The lowest BCUT2D eigenvalue weighted by Crippen LogP contribution is -2.49. The van der Waals surface area contributed by atoms with E-state index in [0.29, 0.717) is 6.61 Å². The largest absolute Gasteiger partial charge is 0.374 e. The standard InChI is InChI=1S/C11H22N4O/c1-6-16-11(2,3)9(12-4)7-10-13-8-14-15(10)5/h8-9,12H,6-7H2,1-5H3. The van der Waals surface area contributed by atoms with E-state index >= 15 is 0 Å². The molecule has 1 aromatic heterocycles. The van der Waals surface area contributed by atoms with Crippen LogP contribution in [0.2, 0.25) is 0 Å². The number of nitrogens with zero attached hydrogens (tertiary/aromatic N) is 3. The molecule has 5 nitrogen and oxygen atoms in total. The molecule has 0 aromatic carbocycles. The zero-order valence-corrected chi connectivity index (χ0v) is 10.8. The van der Waals surface area contributed by atoms with Gasteiger partial charge in [-0.15, -0.1) is 0 Å². The number of aryl methyl sites for hydroxylation is 1. The third-order valence-electron chi connectivity index (χ3n) is 2.90. The van der Waals surface area contributed by atoms with Crippen LogP contribution >= 0.6 is 0 Å². The Morgan fingerprint density at radius 3 is 2.69 bits per heavy atom. The van der Waals surface area contributed by atoms with E-state index in [1.54, 1.807) is 11.0 Å². The van der Waals surface area contributed by atoms with Crippen molar-refractivity contribution in [1.29, 1.82) is 0 Å². The van der Waals surface area contributed by atoms with Crippen LogP contribution in [0.3, 0.4) is 0 Å². The average molecular weight is 226 g/mol.